The Kier molecular flexibility index (Phi) is 3.91. The van der Waals surface area contributed by atoms with Crippen molar-refractivity contribution < 1.29 is 0 Å². The number of hydrogen-bond acceptors (Lipinski definition) is 2. The second-order valence-electron chi connectivity index (χ2n) is 2.61. The van der Waals surface area contributed by atoms with Crippen molar-refractivity contribution in [1.82, 2.24) is 0 Å². The number of nitrogens with zero attached hydrogens (tertiary/aromatic N) is 1. The van der Waals surface area contributed by atoms with Crippen molar-refractivity contribution in [1.29, 1.82) is 5.26 Å². The lowest BCUT2D eigenvalue weighted by Gasteiger charge is -2.10. The number of hydrogen-bond donors (Lipinski definition) is 1. The molecule has 0 aromatic heterocycles. The third kappa shape index (κ3) is 2.53. The number of halogens is 2. The molecular weight excluding hydrogens is 296 g/mol. The standard InChI is InChI=1S/C9H8Br2N2/c10-7-3-1-2-6(9(7)11)8(13)4-5-12/h1-3,8H,4,13H2/t8-/m1/s1. The molecule has 4 heteroatoms. The highest BCUT2D eigenvalue weighted by atomic mass is 79.9. The third-order valence-electron chi connectivity index (χ3n) is 1.69. The summed E-state index contributed by atoms with van der Waals surface area (Å²) >= 11 is 6.79. The summed E-state index contributed by atoms with van der Waals surface area (Å²) in [5.41, 5.74) is 6.76. The van der Waals surface area contributed by atoms with Crippen LogP contribution < -0.4 is 5.73 Å². The topological polar surface area (TPSA) is 49.8 Å². The average molecular weight is 304 g/mol. The van der Waals surface area contributed by atoms with E-state index < -0.39 is 0 Å². The molecule has 0 heterocycles. The van der Waals surface area contributed by atoms with E-state index in [0.29, 0.717) is 6.42 Å². The maximum absolute atomic E-state index is 8.50. The molecular formula is C9H8Br2N2. The Morgan fingerprint density at radius 1 is 1.46 bits per heavy atom. The minimum atomic E-state index is -0.225. The van der Waals surface area contributed by atoms with Crippen LogP contribution in [0.5, 0.6) is 0 Å². The Bertz CT molecular complexity index is 344. The minimum Gasteiger partial charge on any atom is -0.323 e. The van der Waals surface area contributed by atoms with Crippen LogP contribution in [-0.4, -0.2) is 0 Å². The van der Waals surface area contributed by atoms with E-state index in [9.17, 15) is 0 Å². The highest BCUT2D eigenvalue weighted by Gasteiger charge is 2.10. The smallest absolute Gasteiger partial charge is 0.0641 e. The van der Waals surface area contributed by atoms with Gasteiger partial charge in [-0.2, -0.15) is 5.26 Å². The molecule has 0 unspecified atom stereocenters. The first kappa shape index (κ1) is 10.7. The fourth-order valence-corrected chi connectivity index (χ4v) is 1.96. The first-order chi connectivity index (χ1) is 6.16. The van der Waals surface area contributed by atoms with Crippen molar-refractivity contribution in [3.8, 4) is 6.07 Å². The van der Waals surface area contributed by atoms with Gasteiger partial charge in [0.05, 0.1) is 12.5 Å². The minimum absolute atomic E-state index is 0.225. The number of nitriles is 1. The normalized spacial score (nSPS) is 12.2. The maximum Gasteiger partial charge on any atom is 0.0641 e. The molecule has 0 amide bonds. The zero-order chi connectivity index (χ0) is 9.84. The zero-order valence-electron chi connectivity index (χ0n) is 6.80. The fraction of sp³-hybridized carbons (Fsp3) is 0.222. The molecule has 1 atom stereocenters. The van der Waals surface area contributed by atoms with E-state index in [-0.39, 0.29) is 6.04 Å². The van der Waals surface area contributed by atoms with Gasteiger partial charge in [0, 0.05) is 15.0 Å². The Labute approximate surface area is 94.0 Å². The molecule has 1 aromatic carbocycles. The van der Waals surface area contributed by atoms with Crippen LogP contribution in [0.15, 0.2) is 27.1 Å². The van der Waals surface area contributed by atoms with Crippen LogP contribution in [0, 0.1) is 11.3 Å². The number of nitrogens with two attached hydrogens (primary N) is 1. The Balaban J connectivity index is 3.02. The molecule has 2 nitrogen and oxygen atoms in total. The van der Waals surface area contributed by atoms with Crippen molar-refractivity contribution in [2.75, 3.05) is 0 Å². The van der Waals surface area contributed by atoms with Crippen LogP contribution in [0.3, 0.4) is 0 Å². The Morgan fingerprint density at radius 3 is 2.77 bits per heavy atom. The van der Waals surface area contributed by atoms with Gasteiger partial charge in [0.2, 0.25) is 0 Å². The van der Waals surface area contributed by atoms with Gasteiger partial charge in [-0.05, 0) is 43.5 Å². The first-order valence-electron chi connectivity index (χ1n) is 3.73. The van der Waals surface area contributed by atoms with E-state index in [1.54, 1.807) is 0 Å². The molecule has 0 fully saturated rings. The predicted molar refractivity (Wildman–Crippen MR) is 59.0 cm³/mol. The summed E-state index contributed by atoms with van der Waals surface area (Å²) in [4.78, 5) is 0. The average Bonchev–Trinajstić information content (AvgIpc) is 2.10. The van der Waals surface area contributed by atoms with Gasteiger partial charge in [0.15, 0.2) is 0 Å². The van der Waals surface area contributed by atoms with Crippen LogP contribution in [0.2, 0.25) is 0 Å². The van der Waals surface area contributed by atoms with Crippen LogP contribution in [0.25, 0.3) is 0 Å². The van der Waals surface area contributed by atoms with Gasteiger partial charge >= 0.3 is 0 Å². The van der Waals surface area contributed by atoms with Crippen LogP contribution in [-0.2, 0) is 0 Å². The van der Waals surface area contributed by atoms with E-state index in [4.69, 9.17) is 11.0 Å². The van der Waals surface area contributed by atoms with E-state index in [2.05, 4.69) is 37.9 Å². The molecule has 68 valence electrons. The summed E-state index contributed by atoms with van der Waals surface area (Å²) in [6, 6.07) is 7.57. The van der Waals surface area contributed by atoms with Gasteiger partial charge in [0.25, 0.3) is 0 Å². The fourth-order valence-electron chi connectivity index (χ4n) is 1.02. The SMILES string of the molecule is N#CC[C@@H](N)c1cccc(Br)c1Br. The molecule has 1 aromatic rings. The van der Waals surface area contributed by atoms with E-state index in [0.717, 1.165) is 14.5 Å². The van der Waals surface area contributed by atoms with Crippen LogP contribution in [0.1, 0.15) is 18.0 Å². The largest absolute Gasteiger partial charge is 0.323 e. The van der Waals surface area contributed by atoms with E-state index in [1.165, 1.54) is 0 Å². The van der Waals surface area contributed by atoms with Crippen LogP contribution in [0.4, 0.5) is 0 Å². The lowest BCUT2D eigenvalue weighted by atomic mass is 10.1. The Hall–Kier alpha value is -0.370. The van der Waals surface area contributed by atoms with Crippen molar-refractivity contribution in [2.24, 2.45) is 5.73 Å². The molecule has 0 aliphatic heterocycles. The highest BCUT2D eigenvalue weighted by molar-refractivity contribution is 9.13. The van der Waals surface area contributed by atoms with Crippen molar-refractivity contribution in [2.45, 2.75) is 12.5 Å². The van der Waals surface area contributed by atoms with E-state index in [1.807, 2.05) is 18.2 Å². The first-order valence-corrected chi connectivity index (χ1v) is 5.32. The number of rotatable bonds is 2. The molecule has 0 aliphatic carbocycles. The van der Waals surface area contributed by atoms with Gasteiger partial charge in [-0.25, -0.2) is 0 Å². The second kappa shape index (κ2) is 4.75. The summed E-state index contributed by atoms with van der Waals surface area (Å²) in [6.45, 7) is 0. The van der Waals surface area contributed by atoms with Gasteiger partial charge in [0.1, 0.15) is 0 Å². The second-order valence-corrected chi connectivity index (χ2v) is 4.26. The van der Waals surface area contributed by atoms with E-state index >= 15 is 0 Å². The molecule has 0 aliphatic rings. The summed E-state index contributed by atoms with van der Waals surface area (Å²) in [5.74, 6) is 0. The summed E-state index contributed by atoms with van der Waals surface area (Å²) in [5, 5.41) is 8.50. The molecule has 0 saturated carbocycles. The van der Waals surface area contributed by atoms with Crippen molar-refractivity contribution in [3.05, 3.63) is 32.7 Å². The van der Waals surface area contributed by atoms with Gasteiger partial charge in [-0.1, -0.05) is 12.1 Å². The highest BCUT2D eigenvalue weighted by Crippen LogP contribution is 2.30. The van der Waals surface area contributed by atoms with Crippen molar-refractivity contribution >= 4 is 31.9 Å². The third-order valence-corrected chi connectivity index (χ3v) is 3.77. The lowest BCUT2D eigenvalue weighted by Crippen LogP contribution is -2.09. The molecule has 0 spiro atoms. The molecule has 0 bridgehead atoms. The molecule has 0 radical (unpaired) electrons. The van der Waals surface area contributed by atoms with Crippen molar-refractivity contribution in [3.63, 3.8) is 0 Å². The van der Waals surface area contributed by atoms with Gasteiger partial charge in [-0.15, -0.1) is 0 Å². The van der Waals surface area contributed by atoms with Gasteiger partial charge < -0.3 is 5.73 Å². The summed E-state index contributed by atoms with van der Waals surface area (Å²) in [7, 11) is 0. The van der Waals surface area contributed by atoms with Crippen LogP contribution >= 0.6 is 31.9 Å². The molecule has 13 heavy (non-hydrogen) atoms. The monoisotopic (exact) mass is 302 g/mol. The number of benzene rings is 1. The summed E-state index contributed by atoms with van der Waals surface area (Å²) in [6.07, 6.45) is 0.328. The molecule has 0 saturated heterocycles. The summed E-state index contributed by atoms with van der Waals surface area (Å²) < 4.78 is 1.89. The van der Waals surface area contributed by atoms with Gasteiger partial charge in [-0.3, -0.25) is 0 Å². The maximum atomic E-state index is 8.50. The molecule has 2 N–H and O–H groups in total. The Morgan fingerprint density at radius 2 is 2.15 bits per heavy atom. The molecule has 1 rings (SSSR count). The predicted octanol–water partition coefficient (Wildman–Crippen LogP) is 3.13. The zero-order valence-corrected chi connectivity index (χ0v) is 9.97. The lowest BCUT2D eigenvalue weighted by molar-refractivity contribution is 0.744. The quantitative estimate of drug-likeness (QED) is 0.912.